The molecule has 1 aromatic heterocycles. The zero-order valence-corrected chi connectivity index (χ0v) is 13.0. The Hall–Kier alpha value is -1.24. The zero-order chi connectivity index (χ0) is 14.9. The Balaban J connectivity index is 1.67. The molecule has 1 unspecified atom stereocenters. The van der Waals surface area contributed by atoms with E-state index in [9.17, 15) is 12.8 Å². The van der Waals surface area contributed by atoms with Gasteiger partial charge in [-0.25, -0.2) is 12.8 Å². The van der Waals surface area contributed by atoms with Gasteiger partial charge >= 0.3 is 0 Å². The lowest BCUT2D eigenvalue weighted by Gasteiger charge is -2.11. The second-order valence-electron chi connectivity index (χ2n) is 5.26. The summed E-state index contributed by atoms with van der Waals surface area (Å²) in [5.41, 5.74) is 1.44. The Morgan fingerprint density at radius 3 is 2.81 bits per heavy atom. The van der Waals surface area contributed by atoms with Crippen LogP contribution in [0.25, 0.3) is 10.4 Å². The summed E-state index contributed by atoms with van der Waals surface area (Å²) in [5.74, 6) is 0.126. The van der Waals surface area contributed by atoms with Gasteiger partial charge < -0.3 is 5.32 Å². The molecule has 2 heterocycles. The number of halogens is 1. The fraction of sp³-hybridized carbons (Fsp3) is 0.333. The molecule has 0 radical (unpaired) electrons. The van der Waals surface area contributed by atoms with Crippen LogP contribution in [0.5, 0.6) is 0 Å². The van der Waals surface area contributed by atoms with Gasteiger partial charge in [0.1, 0.15) is 5.82 Å². The van der Waals surface area contributed by atoms with E-state index in [-0.39, 0.29) is 23.4 Å². The van der Waals surface area contributed by atoms with Gasteiger partial charge in [-0.05, 0) is 29.5 Å². The van der Waals surface area contributed by atoms with E-state index < -0.39 is 9.84 Å². The van der Waals surface area contributed by atoms with Crippen molar-refractivity contribution in [3.8, 4) is 10.4 Å². The summed E-state index contributed by atoms with van der Waals surface area (Å²) in [4.78, 5) is 1.04. The molecular formula is C15H16FNO2S2. The first-order valence-corrected chi connectivity index (χ1v) is 9.50. The summed E-state index contributed by atoms with van der Waals surface area (Å²) in [7, 11) is -2.90. The summed E-state index contributed by atoms with van der Waals surface area (Å²) in [6, 6.07) is 9.03. The molecule has 112 valence electrons. The number of nitrogens with one attached hydrogen (secondary N) is 1. The summed E-state index contributed by atoms with van der Waals surface area (Å²) < 4.78 is 36.9. The Labute approximate surface area is 127 Å². The van der Waals surface area contributed by atoms with Gasteiger partial charge in [-0.2, -0.15) is 0 Å². The molecule has 21 heavy (non-hydrogen) atoms. The van der Waals surface area contributed by atoms with Crippen molar-refractivity contribution >= 4 is 21.2 Å². The summed E-state index contributed by atoms with van der Waals surface area (Å²) in [6.45, 7) is 0.358. The highest BCUT2D eigenvalue weighted by atomic mass is 32.2. The molecular weight excluding hydrogens is 309 g/mol. The van der Waals surface area contributed by atoms with Crippen LogP contribution in [0.3, 0.4) is 0 Å². The van der Waals surface area contributed by atoms with Gasteiger partial charge in [-0.3, -0.25) is 0 Å². The molecule has 1 aliphatic heterocycles. The third kappa shape index (κ3) is 3.51. The average Bonchev–Trinajstić information content (AvgIpc) is 3.07. The van der Waals surface area contributed by atoms with Crippen molar-refractivity contribution in [2.75, 3.05) is 11.5 Å². The number of hydrogen-bond donors (Lipinski definition) is 1. The van der Waals surface area contributed by atoms with Crippen molar-refractivity contribution in [3.05, 3.63) is 47.1 Å². The summed E-state index contributed by atoms with van der Waals surface area (Å²) >= 11 is 1.58. The van der Waals surface area contributed by atoms with Gasteiger partial charge in [0, 0.05) is 23.0 Å². The van der Waals surface area contributed by atoms with E-state index in [1.807, 2.05) is 23.6 Å². The van der Waals surface area contributed by atoms with Crippen molar-refractivity contribution in [3.63, 3.8) is 0 Å². The number of hydrogen-bond acceptors (Lipinski definition) is 4. The average molecular weight is 325 g/mol. The van der Waals surface area contributed by atoms with Gasteiger partial charge in [-0.15, -0.1) is 11.3 Å². The molecule has 1 aliphatic rings. The number of rotatable bonds is 4. The Bertz CT molecular complexity index is 726. The molecule has 2 aromatic rings. The molecule has 0 amide bonds. The van der Waals surface area contributed by atoms with Crippen LogP contribution in [0.2, 0.25) is 0 Å². The fourth-order valence-electron chi connectivity index (χ4n) is 2.50. The van der Waals surface area contributed by atoms with Crippen molar-refractivity contribution in [1.82, 2.24) is 5.32 Å². The normalized spacial score (nSPS) is 20.7. The largest absolute Gasteiger partial charge is 0.309 e. The second-order valence-corrected chi connectivity index (χ2v) is 8.44. The molecule has 0 saturated carbocycles. The van der Waals surface area contributed by atoms with Crippen LogP contribution in [-0.2, 0) is 16.4 Å². The lowest BCUT2D eigenvalue weighted by molar-refractivity contribution is 0.532. The van der Waals surface area contributed by atoms with E-state index in [1.54, 1.807) is 17.4 Å². The van der Waals surface area contributed by atoms with E-state index >= 15 is 0 Å². The maximum Gasteiger partial charge on any atom is 0.151 e. The van der Waals surface area contributed by atoms with Crippen LogP contribution in [0, 0.1) is 5.82 Å². The molecule has 1 aromatic carbocycles. The van der Waals surface area contributed by atoms with Crippen LogP contribution in [0.1, 0.15) is 12.0 Å². The lowest BCUT2D eigenvalue weighted by atomic mass is 10.1. The topological polar surface area (TPSA) is 46.2 Å². The SMILES string of the molecule is O=S1(=O)CCC(NCc2ccc(-c3cccs3)cc2F)C1. The van der Waals surface area contributed by atoms with Crippen LogP contribution >= 0.6 is 11.3 Å². The van der Waals surface area contributed by atoms with Gasteiger partial charge in [0.25, 0.3) is 0 Å². The van der Waals surface area contributed by atoms with Crippen LogP contribution in [0.15, 0.2) is 35.7 Å². The highest BCUT2D eigenvalue weighted by molar-refractivity contribution is 7.91. The molecule has 1 atom stereocenters. The van der Waals surface area contributed by atoms with Crippen LogP contribution in [-0.4, -0.2) is 26.0 Å². The van der Waals surface area contributed by atoms with Gasteiger partial charge in [0.05, 0.1) is 11.5 Å². The van der Waals surface area contributed by atoms with Gasteiger partial charge in [0.2, 0.25) is 0 Å². The predicted octanol–water partition coefficient (Wildman–Crippen LogP) is 2.83. The van der Waals surface area contributed by atoms with Crippen LogP contribution < -0.4 is 5.32 Å². The minimum Gasteiger partial charge on any atom is -0.309 e. The molecule has 0 aliphatic carbocycles. The molecule has 3 nitrogen and oxygen atoms in total. The van der Waals surface area contributed by atoms with Crippen molar-refractivity contribution in [2.24, 2.45) is 0 Å². The maximum absolute atomic E-state index is 14.1. The minimum atomic E-state index is -2.90. The Morgan fingerprint density at radius 2 is 2.19 bits per heavy atom. The number of benzene rings is 1. The molecule has 1 saturated heterocycles. The summed E-state index contributed by atoms with van der Waals surface area (Å²) in [6.07, 6.45) is 0.608. The van der Waals surface area contributed by atoms with E-state index in [4.69, 9.17) is 0 Å². The van der Waals surface area contributed by atoms with E-state index in [0.29, 0.717) is 18.5 Å². The highest BCUT2D eigenvalue weighted by Crippen LogP contribution is 2.26. The van der Waals surface area contributed by atoms with E-state index in [1.165, 1.54) is 6.07 Å². The smallest absolute Gasteiger partial charge is 0.151 e. The second kappa shape index (κ2) is 5.87. The molecule has 3 rings (SSSR count). The standard InChI is InChI=1S/C15H16FNO2S2/c16-14-8-11(15-2-1-6-20-15)3-4-12(14)9-17-13-5-7-21(18,19)10-13/h1-4,6,8,13,17H,5,7,9-10H2. The first-order valence-electron chi connectivity index (χ1n) is 6.80. The molecule has 6 heteroatoms. The maximum atomic E-state index is 14.1. The third-order valence-corrected chi connectivity index (χ3v) is 6.36. The minimum absolute atomic E-state index is 0.0635. The fourth-order valence-corrected chi connectivity index (χ4v) is 4.93. The first-order chi connectivity index (χ1) is 10.0. The number of thiophene rings is 1. The lowest BCUT2D eigenvalue weighted by Crippen LogP contribution is -2.29. The monoisotopic (exact) mass is 325 g/mol. The van der Waals surface area contributed by atoms with Crippen molar-refractivity contribution < 1.29 is 12.8 Å². The Morgan fingerprint density at radius 1 is 1.33 bits per heavy atom. The van der Waals surface area contributed by atoms with E-state index in [0.717, 1.165) is 10.4 Å². The first kappa shape index (κ1) is 14.7. The van der Waals surface area contributed by atoms with E-state index in [2.05, 4.69) is 5.32 Å². The highest BCUT2D eigenvalue weighted by Gasteiger charge is 2.27. The zero-order valence-electron chi connectivity index (χ0n) is 11.4. The van der Waals surface area contributed by atoms with Gasteiger partial charge in [-0.1, -0.05) is 18.2 Å². The van der Waals surface area contributed by atoms with Crippen molar-refractivity contribution in [1.29, 1.82) is 0 Å². The quantitative estimate of drug-likeness (QED) is 0.940. The predicted molar refractivity (Wildman–Crippen MR) is 83.6 cm³/mol. The number of sulfone groups is 1. The Kier molecular flexibility index (Phi) is 4.10. The molecule has 1 fully saturated rings. The van der Waals surface area contributed by atoms with Gasteiger partial charge in [0.15, 0.2) is 9.84 Å². The molecule has 0 spiro atoms. The van der Waals surface area contributed by atoms with Crippen LogP contribution in [0.4, 0.5) is 4.39 Å². The summed E-state index contributed by atoms with van der Waals surface area (Å²) in [5, 5.41) is 5.09. The molecule has 0 bridgehead atoms. The van der Waals surface area contributed by atoms with Crippen molar-refractivity contribution in [2.45, 2.75) is 19.0 Å². The molecule has 1 N–H and O–H groups in total. The third-order valence-electron chi connectivity index (χ3n) is 3.67.